The highest BCUT2D eigenvalue weighted by Gasteiger charge is 2.35. The maximum Gasteiger partial charge on any atom is 0.264 e. The number of carbonyl (C=O) groups is 2. The summed E-state index contributed by atoms with van der Waals surface area (Å²) >= 11 is 12.6. The van der Waals surface area contributed by atoms with E-state index in [0.717, 1.165) is 9.87 Å². The third kappa shape index (κ3) is 9.06. The highest BCUT2D eigenvalue weighted by molar-refractivity contribution is 7.92. The van der Waals surface area contributed by atoms with Crippen LogP contribution in [0.25, 0.3) is 0 Å². The topological polar surface area (TPSA) is 86.8 Å². The summed E-state index contributed by atoms with van der Waals surface area (Å²) in [5.41, 5.74) is 1.40. The van der Waals surface area contributed by atoms with Crippen LogP contribution in [-0.2, 0) is 32.6 Å². The largest absolute Gasteiger partial charge is 0.354 e. The molecule has 0 saturated heterocycles. The number of sulfonamides is 1. The number of rotatable bonds is 13. The molecule has 0 saturated carbocycles. The molecule has 0 fully saturated rings. The van der Waals surface area contributed by atoms with Crippen molar-refractivity contribution in [2.24, 2.45) is 5.92 Å². The van der Waals surface area contributed by atoms with Gasteiger partial charge in [0.15, 0.2) is 0 Å². The van der Waals surface area contributed by atoms with Gasteiger partial charge < -0.3 is 10.2 Å². The molecule has 0 unspecified atom stereocenters. The van der Waals surface area contributed by atoms with E-state index in [9.17, 15) is 22.4 Å². The van der Waals surface area contributed by atoms with Gasteiger partial charge in [-0.1, -0.05) is 97.7 Å². The summed E-state index contributed by atoms with van der Waals surface area (Å²) in [6.45, 7) is 3.52. The van der Waals surface area contributed by atoms with Crippen LogP contribution < -0.4 is 9.62 Å². The monoisotopic (exact) mass is 669 g/mol. The number of benzene rings is 4. The fraction of sp³-hybridized carbons (Fsp3) is 0.235. The third-order valence-electron chi connectivity index (χ3n) is 7.01. The molecule has 4 aromatic rings. The minimum absolute atomic E-state index is 0.0235. The summed E-state index contributed by atoms with van der Waals surface area (Å²) in [4.78, 5) is 29.5. The maximum absolute atomic E-state index is 14.4. The fourth-order valence-corrected chi connectivity index (χ4v) is 6.69. The Kier molecular flexibility index (Phi) is 11.6. The lowest BCUT2D eigenvalue weighted by molar-refractivity contribution is -0.140. The molecule has 0 bridgehead atoms. The van der Waals surface area contributed by atoms with Crippen molar-refractivity contribution >= 4 is 50.7 Å². The third-order valence-corrected chi connectivity index (χ3v) is 9.32. The second kappa shape index (κ2) is 15.4. The Morgan fingerprint density at radius 1 is 0.844 bits per heavy atom. The Hall–Kier alpha value is -3.92. The molecular formula is C34H34Cl2FN3O4S. The molecule has 2 amide bonds. The number of halogens is 3. The Morgan fingerprint density at radius 2 is 1.47 bits per heavy atom. The van der Waals surface area contributed by atoms with Gasteiger partial charge in [-0.15, -0.1) is 0 Å². The van der Waals surface area contributed by atoms with Crippen LogP contribution in [0.4, 0.5) is 10.1 Å². The van der Waals surface area contributed by atoms with Crippen molar-refractivity contribution in [3.8, 4) is 0 Å². The molecule has 4 rings (SSSR count). The molecule has 0 aliphatic heterocycles. The SMILES string of the molecule is CC(C)CNC(=O)[C@H](Cc1ccccc1)N(Cc1ccc(F)cc1)C(=O)CN(c1ccc(Cl)cc1Cl)S(=O)(=O)c1ccccc1. The summed E-state index contributed by atoms with van der Waals surface area (Å²) in [5, 5.41) is 3.24. The van der Waals surface area contributed by atoms with Gasteiger partial charge in [-0.05, 0) is 59.5 Å². The van der Waals surface area contributed by atoms with Gasteiger partial charge in [-0.2, -0.15) is 0 Å². The van der Waals surface area contributed by atoms with Crippen LogP contribution in [0.5, 0.6) is 0 Å². The lowest BCUT2D eigenvalue weighted by Crippen LogP contribution is -2.53. The molecule has 0 aliphatic carbocycles. The Morgan fingerprint density at radius 3 is 2.07 bits per heavy atom. The van der Waals surface area contributed by atoms with Gasteiger partial charge >= 0.3 is 0 Å². The first kappa shape index (κ1) is 34.0. The Balaban J connectivity index is 1.81. The minimum atomic E-state index is -4.31. The second-order valence-corrected chi connectivity index (χ2v) is 13.6. The molecular weight excluding hydrogens is 636 g/mol. The molecule has 0 heterocycles. The van der Waals surface area contributed by atoms with E-state index in [4.69, 9.17) is 23.2 Å². The van der Waals surface area contributed by atoms with Crippen molar-refractivity contribution in [1.82, 2.24) is 10.2 Å². The lowest BCUT2D eigenvalue weighted by atomic mass is 10.0. The van der Waals surface area contributed by atoms with E-state index in [1.54, 1.807) is 18.2 Å². The van der Waals surface area contributed by atoms with Crippen molar-refractivity contribution in [2.75, 3.05) is 17.4 Å². The summed E-state index contributed by atoms with van der Waals surface area (Å²) in [7, 11) is -4.31. The van der Waals surface area contributed by atoms with Crippen molar-refractivity contribution in [3.05, 3.63) is 130 Å². The van der Waals surface area contributed by atoms with Crippen LogP contribution >= 0.6 is 23.2 Å². The summed E-state index contributed by atoms with van der Waals surface area (Å²) in [6.07, 6.45) is 0.158. The summed E-state index contributed by atoms with van der Waals surface area (Å²) in [6, 6.07) is 25.8. The molecule has 0 aliphatic rings. The molecule has 11 heteroatoms. The number of anilines is 1. The normalized spacial score (nSPS) is 12.0. The standard InChI is InChI=1S/C34H34Cl2FN3O4S/c1-24(2)21-38-34(42)32(19-25-9-5-3-6-10-25)39(22-26-13-16-28(37)17-14-26)33(41)23-40(31-18-15-27(35)20-30(31)36)45(43,44)29-11-7-4-8-12-29/h3-18,20,24,32H,19,21-23H2,1-2H3,(H,38,42)/t32-/m0/s1. The lowest BCUT2D eigenvalue weighted by Gasteiger charge is -2.34. The maximum atomic E-state index is 14.4. The number of amides is 2. The van der Waals surface area contributed by atoms with E-state index in [1.807, 2.05) is 44.2 Å². The Labute approximate surface area is 273 Å². The molecule has 0 radical (unpaired) electrons. The van der Waals surface area contributed by atoms with Gasteiger partial charge in [-0.3, -0.25) is 13.9 Å². The van der Waals surface area contributed by atoms with E-state index in [2.05, 4.69) is 5.32 Å². The zero-order chi connectivity index (χ0) is 32.6. The smallest absolute Gasteiger partial charge is 0.264 e. The van der Waals surface area contributed by atoms with Crippen LogP contribution in [0, 0.1) is 11.7 Å². The van der Waals surface area contributed by atoms with Gasteiger partial charge in [-0.25, -0.2) is 12.8 Å². The van der Waals surface area contributed by atoms with E-state index >= 15 is 0 Å². The fourth-order valence-electron chi connectivity index (χ4n) is 4.68. The van der Waals surface area contributed by atoms with Crippen LogP contribution in [0.3, 0.4) is 0 Å². The van der Waals surface area contributed by atoms with Crippen molar-refractivity contribution in [1.29, 1.82) is 0 Å². The van der Waals surface area contributed by atoms with Crippen LogP contribution in [-0.4, -0.2) is 44.3 Å². The first-order chi connectivity index (χ1) is 21.5. The second-order valence-electron chi connectivity index (χ2n) is 10.9. The minimum Gasteiger partial charge on any atom is -0.354 e. The number of nitrogens with zero attached hydrogens (tertiary/aromatic N) is 2. The van der Waals surface area contributed by atoms with E-state index in [-0.39, 0.29) is 39.5 Å². The average molecular weight is 671 g/mol. The van der Waals surface area contributed by atoms with Crippen LogP contribution in [0.15, 0.2) is 108 Å². The number of carbonyl (C=O) groups excluding carboxylic acids is 2. The molecule has 1 N–H and O–H groups in total. The van der Waals surface area contributed by atoms with E-state index in [1.165, 1.54) is 59.5 Å². The van der Waals surface area contributed by atoms with E-state index in [0.29, 0.717) is 12.1 Å². The Bertz CT molecular complexity index is 1710. The van der Waals surface area contributed by atoms with Gasteiger partial charge in [0.1, 0.15) is 18.4 Å². The van der Waals surface area contributed by atoms with Gasteiger partial charge in [0.2, 0.25) is 11.8 Å². The van der Waals surface area contributed by atoms with Crippen LogP contribution in [0.1, 0.15) is 25.0 Å². The molecule has 236 valence electrons. The summed E-state index contributed by atoms with van der Waals surface area (Å²) in [5.74, 6) is -1.37. The average Bonchev–Trinajstić information content (AvgIpc) is 3.02. The molecule has 7 nitrogen and oxygen atoms in total. The van der Waals surface area contributed by atoms with Crippen LogP contribution in [0.2, 0.25) is 10.0 Å². The molecule has 0 spiro atoms. The van der Waals surface area contributed by atoms with Crippen molar-refractivity contribution in [2.45, 2.75) is 37.8 Å². The zero-order valence-electron chi connectivity index (χ0n) is 24.9. The summed E-state index contributed by atoms with van der Waals surface area (Å²) < 4.78 is 42.8. The van der Waals surface area contributed by atoms with Gasteiger partial charge in [0, 0.05) is 24.5 Å². The first-order valence-corrected chi connectivity index (χ1v) is 16.5. The predicted molar refractivity (Wildman–Crippen MR) is 176 cm³/mol. The molecule has 0 aromatic heterocycles. The number of nitrogens with one attached hydrogen (secondary N) is 1. The highest BCUT2D eigenvalue weighted by atomic mass is 35.5. The number of hydrogen-bond donors (Lipinski definition) is 1. The van der Waals surface area contributed by atoms with E-state index < -0.39 is 40.2 Å². The molecule has 4 aromatic carbocycles. The number of hydrogen-bond acceptors (Lipinski definition) is 4. The predicted octanol–water partition coefficient (Wildman–Crippen LogP) is 6.74. The first-order valence-electron chi connectivity index (χ1n) is 14.3. The van der Waals surface area contributed by atoms with Gasteiger partial charge in [0.05, 0.1) is 15.6 Å². The van der Waals surface area contributed by atoms with Gasteiger partial charge in [0.25, 0.3) is 10.0 Å². The van der Waals surface area contributed by atoms with Crippen molar-refractivity contribution < 1.29 is 22.4 Å². The molecule has 1 atom stereocenters. The van der Waals surface area contributed by atoms with Crippen molar-refractivity contribution in [3.63, 3.8) is 0 Å². The highest BCUT2D eigenvalue weighted by Crippen LogP contribution is 2.33. The quantitative estimate of drug-likeness (QED) is 0.171. The molecule has 45 heavy (non-hydrogen) atoms. The zero-order valence-corrected chi connectivity index (χ0v) is 27.2.